The van der Waals surface area contributed by atoms with Crippen LogP contribution in [0, 0.1) is 5.41 Å². The number of hydrogen-bond donors (Lipinski definition) is 2. The van der Waals surface area contributed by atoms with Crippen molar-refractivity contribution in [2.45, 2.75) is 50.7 Å². The Bertz CT molecular complexity index is 240. The van der Waals surface area contributed by atoms with E-state index in [1.807, 2.05) is 6.92 Å². The molecular formula is C13H27NO2S. The van der Waals surface area contributed by atoms with Crippen molar-refractivity contribution in [3.63, 3.8) is 0 Å². The molecule has 4 heteroatoms. The first kappa shape index (κ1) is 15.1. The second kappa shape index (κ2) is 7.49. The maximum Gasteiger partial charge on any atom is 0.0499 e. The average Bonchev–Trinajstić information content (AvgIpc) is 2.35. The van der Waals surface area contributed by atoms with Crippen LogP contribution in [-0.4, -0.2) is 40.5 Å². The second-order valence-electron chi connectivity index (χ2n) is 5.49. The lowest BCUT2D eigenvalue weighted by molar-refractivity contribution is 0.0815. The molecule has 17 heavy (non-hydrogen) atoms. The van der Waals surface area contributed by atoms with Gasteiger partial charge in [0, 0.05) is 40.9 Å². The van der Waals surface area contributed by atoms with E-state index in [1.54, 1.807) is 6.26 Å². The lowest BCUT2D eigenvalue weighted by atomic mass is 9.74. The Morgan fingerprint density at radius 2 is 2.00 bits per heavy atom. The Morgan fingerprint density at radius 3 is 2.53 bits per heavy atom. The third-order valence-corrected chi connectivity index (χ3v) is 5.41. The smallest absolute Gasteiger partial charge is 0.0499 e. The molecule has 0 aromatic rings. The molecule has 1 rings (SSSR count). The van der Waals surface area contributed by atoms with Crippen molar-refractivity contribution >= 4 is 10.8 Å². The minimum Gasteiger partial charge on any atom is -0.396 e. The van der Waals surface area contributed by atoms with Crippen molar-refractivity contribution in [2.24, 2.45) is 5.41 Å². The first-order valence-electron chi connectivity index (χ1n) is 6.73. The maximum absolute atomic E-state index is 11.2. The van der Waals surface area contributed by atoms with Crippen molar-refractivity contribution in [1.29, 1.82) is 0 Å². The maximum atomic E-state index is 11.2. The average molecular weight is 261 g/mol. The number of aliphatic hydroxyl groups is 1. The highest BCUT2D eigenvalue weighted by atomic mass is 32.2. The van der Waals surface area contributed by atoms with Crippen LogP contribution in [0.5, 0.6) is 0 Å². The third kappa shape index (κ3) is 5.06. The summed E-state index contributed by atoms with van der Waals surface area (Å²) in [4.78, 5) is 0. The van der Waals surface area contributed by atoms with Crippen molar-refractivity contribution in [3.8, 4) is 0 Å². The zero-order chi connectivity index (χ0) is 12.7. The Hall–Kier alpha value is 0.0700. The molecule has 3 nitrogen and oxygen atoms in total. The lowest BCUT2D eigenvalue weighted by Gasteiger charge is -2.36. The Balaban J connectivity index is 2.21. The predicted molar refractivity (Wildman–Crippen MR) is 73.6 cm³/mol. The van der Waals surface area contributed by atoms with Gasteiger partial charge >= 0.3 is 0 Å². The molecule has 0 aliphatic heterocycles. The van der Waals surface area contributed by atoms with Gasteiger partial charge in [0.05, 0.1) is 0 Å². The number of hydrogen-bond acceptors (Lipinski definition) is 3. The molecule has 0 spiro atoms. The third-order valence-electron chi connectivity index (χ3n) is 4.04. The fraction of sp³-hybridized carbons (Fsp3) is 1.00. The molecule has 1 aliphatic carbocycles. The molecule has 1 fully saturated rings. The molecule has 1 saturated carbocycles. The van der Waals surface area contributed by atoms with Gasteiger partial charge in [-0.25, -0.2) is 0 Å². The van der Waals surface area contributed by atoms with Crippen LogP contribution in [0.3, 0.4) is 0 Å². The molecule has 102 valence electrons. The van der Waals surface area contributed by atoms with Crippen molar-refractivity contribution in [2.75, 3.05) is 26.0 Å². The van der Waals surface area contributed by atoms with Gasteiger partial charge in [-0.3, -0.25) is 4.21 Å². The first-order chi connectivity index (χ1) is 8.09. The highest BCUT2D eigenvalue weighted by molar-refractivity contribution is 7.84. The van der Waals surface area contributed by atoms with E-state index in [0.717, 1.165) is 32.4 Å². The normalized spacial score (nSPS) is 23.2. The minimum absolute atomic E-state index is 0.118. The van der Waals surface area contributed by atoms with Crippen LogP contribution in [-0.2, 0) is 10.8 Å². The van der Waals surface area contributed by atoms with Crippen molar-refractivity contribution in [3.05, 3.63) is 0 Å². The number of nitrogens with one attached hydrogen (secondary N) is 1. The van der Waals surface area contributed by atoms with Gasteiger partial charge < -0.3 is 10.4 Å². The van der Waals surface area contributed by atoms with E-state index in [-0.39, 0.29) is 10.7 Å². The second-order valence-corrected chi connectivity index (χ2v) is 7.30. The van der Waals surface area contributed by atoms with E-state index in [4.69, 9.17) is 0 Å². The van der Waals surface area contributed by atoms with Crippen LogP contribution in [0.1, 0.15) is 45.4 Å². The molecule has 0 amide bonds. The fourth-order valence-electron chi connectivity index (χ4n) is 2.52. The van der Waals surface area contributed by atoms with Crippen molar-refractivity contribution in [1.82, 2.24) is 5.32 Å². The van der Waals surface area contributed by atoms with Gasteiger partial charge in [-0.2, -0.15) is 0 Å². The number of rotatable bonds is 7. The van der Waals surface area contributed by atoms with Crippen LogP contribution >= 0.6 is 0 Å². The minimum atomic E-state index is -0.720. The van der Waals surface area contributed by atoms with Crippen LogP contribution < -0.4 is 5.32 Å². The van der Waals surface area contributed by atoms with Crippen LogP contribution in [0.15, 0.2) is 0 Å². The summed E-state index contributed by atoms with van der Waals surface area (Å²) >= 11 is 0. The molecule has 0 aromatic carbocycles. The van der Waals surface area contributed by atoms with Crippen molar-refractivity contribution < 1.29 is 9.32 Å². The molecule has 2 atom stereocenters. The van der Waals surface area contributed by atoms with E-state index >= 15 is 0 Å². The van der Waals surface area contributed by atoms with Gasteiger partial charge in [0.15, 0.2) is 0 Å². The molecule has 2 N–H and O–H groups in total. The predicted octanol–water partition coefficient (Wildman–Crippen LogP) is 1.68. The SMILES string of the molecule is CC(CCNCC1(CO)CCCCC1)S(C)=O. The summed E-state index contributed by atoms with van der Waals surface area (Å²) in [5.74, 6) is 0. The Labute approximate surface area is 108 Å². The summed E-state index contributed by atoms with van der Waals surface area (Å²) < 4.78 is 11.2. The standard InChI is InChI=1S/C13H27NO2S/c1-12(17(2)16)6-9-14-10-13(11-15)7-4-3-5-8-13/h12,14-15H,3-11H2,1-2H3. The highest BCUT2D eigenvalue weighted by Gasteiger charge is 2.30. The van der Waals surface area contributed by atoms with Crippen LogP contribution in [0.2, 0.25) is 0 Å². The monoisotopic (exact) mass is 261 g/mol. The lowest BCUT2D eigenvalue weighted by Crippen LogP contribution is -2.39. The summed E-state index contributed by atoms with van der Waals surface area (Å²) in [5, 5.41) is 13.3. The molecule has 0 radical (unpaired) electrons. The summed E-state index contributed by atoms with van der Waals surface area (Å²) in [7, 11) is -0.720. The van der Waals surface area contributed by atoms with Gasteiger partial charge in [-0.05, 0) is 25.8 Å². The van der Waals surface area contributed by atoms with E-state index < -0.39 is 10.8 Å². The topological polar surface area (TPSA) is 49.3 Å². The summed E-state index contributed by atoms with van der Waals surface area (Å²) in [6.07, 6.45) is 8.81. The molecular weight excluding hydrogens is 234 g/mol. The van der Waals surface area contributed by atoms with Gasteiger partial charge in [0.2, 0.25) is 0 Å². The number of aliphatic hydroxyl groups excluding tert-OH is 1. The molecule has 0 saturated heterocycles. The summed E-state index contributed by atoms with van der Waals surface area (Å²) in [6.45, 7) is 4.14. The molecule has 1 aliphatic rings. The van der Waals surface area contributed by atoms with E-state index in [1.165, 1.54) is 19.3 Å². The summed E-state index contributed by atoms with van der Waals surface area (Å²) in [6, 6.07) is 0. The van der Waals surface area contributed by atoms with E-state index in [2.05, 4.69) is 5.32 Å². The molecule has 2 unspecified atom stereocenters. The fourth-order valence-corrected chi connectivity index (χ4v) is 2.97. The van der Waals surface area contributed by atoms with Gasteiger partial charge in [-0.15, -0.1) is 0 Å². The van der Waals surface area contributed by atoms with E-state index in [9.17, 15) is 9.32 Å². The largest absolute Gasteiger partial charge is 0.396 e. The first-order valence-corrected chi connectivity index (χ1v) is 8.35. The summed E-state index contributed by atoms with van der Waals surface area (Å²) in [5.41, 5.74) is 0.118. The van der Waals surface area contributed by atoms with Gasteiger partial charge in [0.25, 0.3) is 0 Å². The van der Waals surface area contributed by atoms with Crippen LogP contribution in [0.4, 0.5) is 0 Å². The zero-order valence-corrected chi connectivity index (χ0v) is 12.0. The van der Waals surface area contributed by atoms with Crippen LogP contribution in [0.25, 0.3) is 0 Å². The van der Waals surface area contributed by atoms with E-state index in [0.29, 0.717) is 6.61 Å². The Kier molecular flexibility index (Phi) is 6.67. The zero-order valence-electron chi connectivity index (χ0n) is 11.2. The van der Waals surface area contributed by atoms with Gasteiger partial charge in [0.1, 0.15) is 0 Å². The highest BCUT2D eigenvalue weighted by Crippen LogP contribution is 2.35. The Morgan fingerprint density at radius 1 is 1.35 bits per heavy atom. The van der Waals surface area contributed by atoms with Gasteiger partial charge in [-0.1, -0.05) is 26.2 Å². The molecule has 0 aromatic heterocycles. The molecule has 0 bridgehead atoms. The molecule has 0 heterocycles. The quantitative estimate of drug-likeness (QED) is 0.686.